The summed E-state index contributed by atoms with van der Waals surface area (Å²) in [7, 11) is 0. The van der Waals surface area contributed by atoms with E-state index in [4.69, 9.17) is 9.47 Å². The summed E-state index contributed by atoms with van der Waals surface area (Å²) >= 11 is 0. The van der Waals surface area contributed by atoms with Crippen molar-refractivity contribution in [2.45, 2.75) is 19.1 Å². The highest BCUT2D eigenvalue weighted by Crippen LogP contribution is 2.39. The normalized spacial score (nSPS) is 17.9. The molecule has 0 unspecified atom stereocenters. The predicted molar refractivity (Wildman–Crippen MR) is 117 cm³/mol. The lowest BCUT2D eigenvalue weighted by Gasteiger charge is -2.30. The minimum absolute atomic E-state index is 0.0114. The number of rotatable bonds is 5. The lowest BCUT2D eigenvalue weighted by atomic mass is 9.88. The van der Waals surface area contributed by atoms with Crippen LogP contribution in [-0.4, -0.2) is 16.7 Å². The molecule has 1 aromatic heterocycles. The Morgan fingerprint density at radius 2 is 1.77 bits per heavy atom. The third kappa shape index (κ3) is 3.87. The zero-order chi connectivity index (χ0) is 20.3. The van der Waals surface area contributed by atoms with Gasteiger partial charge in [0.1, 0.15) is 18.1 Å². The zero-order valence-corrected chi connectivity index (χ0v) is 16.6. The van der Waals surface area contributed by atoms with E-state index in [0.29, 0.717) is 19.0 Å². The van der Waals surface area contributed by atoms with Crippen LogP contribution in [0, 0.1) is 5.92 Å². The van der Waals surface area contributed by atoms with Gasteiger partial charge in [0.2, 0.25) is 0 Å². The summed E-state index contributed by atoms with van der Waals surface area (Å²) < 4.78 is 11.9. The summed E-state index contributed by atoms with van der Waals surface area (Å²) in [5, 5.41) is 12.1. The van der Waals surface area contributed by atoms with Crippen molar-refractivity contribution in [2.75, 3.05) is 6.61 Å². The number of aromatic nitrogens is 1. The lowest BCUT2D eigenvalue weighted by molar-refractivity contribution is 0.0504. The number of hydrogen-bond donors (Lipinski definition) is 1. The van der Waals surface area contributed by atoms with E-state index in [1.807, 2.05) is 66.7 Å². The summed E-state index contributed by atoms with van der Waals surface area (Å²) in [6.45, 7) is 0.873. The second-order valence-corrected chi connectivity index (χ2v) is 7.69. The van der Waals surface area contributed by atoms with Crippen molar-refractivity contribution in [3.63, 3.8) is 0 Å². The first-order chi connectivity index (χ1) is 14.8. The van der Waals surface area contributed by atoms with Crippen LogP contribution in [0.15, 0.2) is 84.9 Å². The largest absolute Gasteiger partial charge is 0.493 e. The molecule has 2 atom stereocenters. The minimum Gasteiger partial charge on any atom is -0.493 e. The van der Waals surface area contributed by atoms with Crippen molar-refractivity contribution in [3.8, 4) is 11.5 Å². The van der Waals surface area contributed by atoms with Crippen LogP contribution in [0.2, 0.25) is 0 Å². The molecule has 150 valence electrons. The molecule has 5 rings (SSSR count). The predicted octanol–water partition coefficient (Wildman–Crippen LogP) is 5.10. The SMILES string of the molecule is O[C@@H]1c2cc(OCc3ccc4ccccc4n3)ccc2OC[C@H]1Cc1ccccc1. The van der Waals surface area contributed by atoms with Crippen molar-refractivity contribution in [1.29, 1.82) is 0 Å². The first-order valence-corrected chi connectivity index (χ1v) is 10.2. The molecule has 1 aliphatic heterocycles. The van der Waals surface area contributed by atoms with Crippen LogP contribution < -0.4 is 9.47 Å². The van der Waals surface area contributed by atoms with Gasteiger partial charge in [-0.25, -0.2) is 4.98 Å². The molecule has 4 aromatic rings. The van der Waals surface area contributed by atoms with Crippen molar-refractivity contribution in [1.82, 2.24) is 4.98 Å². The van der Waals surface area contributed by atoms with Gasteiger partial charge in [0.25, 0.3) is 0 Å². The third-order valence-electron chi connectivity index (χ3n) is 5.58. The molecule has 0 aliphatic carbocycles. The van der Waals surface area contributed by atoms with E-state index in [2.05, 4.69) is 23.2 Å². The van der Waals surface area contributed by atoms with Gasteiger partial charge < -0.3 is 14.6 Å². The molecule has 4 heteroatoms. The molecule has 30 heavy (non-hydrogen) atoms. The summed E-state index contributed by atoms with van der Waals surface area (Å²) in [6.07, 6.45) is 0.185. The highest BCUT2D eigenvalue weighted by atomic mass is 16.5. The van der Waals surface area contributed by atoms with Crippen LogP contribution in [0.1, 0.15) is 22.9 Å². The molecule has 0 fully saturated rings. The second kappa shape index (κ2) is 8.17. The maximum Gasteiger partial charge on any atom is 0.130 e. The van der Waals surface area contributed by atoms with Crippen LogP contribution >= 0.6 is 0 Å². The van der Waals surface area contributed by atoms with Crippen LogP contribution in [0.3, 0.4) is 0 Å². The summed E-state index contributed by atoms with van der Waals surface area (Å²) in [5.74, 6) is 1.44. The van der Waals surface area contributed by atoms with E-state index in [9.17, 15) is 5.11 Å². The number of benzene rings is 3. The van der Waals surface area contributed by atoms with Gasteiger partial charge in [-0.3, -0.25) is 0 Å². The van der Waals surface area contributed by atoms with Crippen molar-refractivity contribution >= 4 is 10.9 Å². The number of fused-ring (bicyclic) bond motifs is 2. The Morgan fingerprint density at radius 1 is 0.933 bits per heavy atom. The fourth-order valence-electron chi connectivity index (χ4n) is 3.95. The van der Waals surface area contributed by atoms with Crippen LogP contribution in [0.5, 0.6) is 11.5 Å². The molecule has 4 nitrogen and oxygen atoms in total. The minimum atomic E-state index is -0.587. The summed E-state index contributed by atoms with van der Waals surface area (Å²) in [6, 6.07) is 27.9. The fourth-order valence-corrected chi connectivity index (χ4v) is 3.95. The van der Waals surface area contributed by atoms with E-state index < -0.39 is 6.10 Å². The van der Waals surface area contributed by atoms with E-state index in [1.165, 1.54) is 5.56 Å². The molecule has 0 amide bonds. The third-order valence-corrected chi connectivity index (χ3v) is 5.58. The van der Waals surface area contributed by atoms with Gasteiger partial charge in [-0.05, 0) is 42.3 Å². The number of hydrogen-bond acceptors (Lipinski definition) is 4. The van der Waals surface area contributed by atoms with Gasteiger partial charge in [-0.2, -0.15) is 0 Å². The van der Waals surface area contributed by atoms with E-state index in [0.717, 1.165) is 34.3 Å². The molecule has 2 heterocycles. The van der Waals surface area contributed by atoms with Crippen molar-refractivity contribution in [3.05, 3.63) is 102 Å². The Bertz CT molecular complexity index is 1160. The molecule has 0 bridgehead atoms. The Hall–Kier alpha value is -3.37. The number of para-hydroxylation sites is 1. The molecule has 0 spiro atoms. The molecular weight excluding hydrogens is 374 g/mol. The number of pyridine rings is 1. The first-order valence-electron chi connectivity index (χ1n) is 10.2. The number of ether oxygens (including phenoxy) is 2. The van der Waals surface area contributed by atoms with Gasteiger partial charge in [0.05, 0.1) is 23.9 Å². The Kier molecular flexibility index (Phi) is 5.08. The lowest BCUT2D eigenvalue weighted by Crippen LogP contribution is -2.27. The average Bonchev–Trinajstić information content (AvgIpc) is 2.80. The van der Waals surface area contributed by atoms with Crippen LogP contribution in [0.25, 0.3) is 10.9 Å². The topological polar surface area (TPSA) is 51.6 Å². The highest BCUT2D eigenvalue weighted by Gasteiger charge is 2.30. The average molecular weight is 397 g/mol. The molecular formula is C26H23NO3. The van der Waals surface area contributed by atoms with Gasteiger partial charge in [-0.15, -0.1) is 0 Å². The maximum absolute atomic E-state index is 11.0. The molecule has 3 aromatic carbocycles. The quantitative estimate of drug-likeness (QED) is 0.509. The van der Waals surface area contributed by atoms with Crippen molar-refractivity contribution < 1.29 is 14.6 Å². The van der Waals surface area contributed by atoms with Gasteiger partial charge in [-0.1, -0.05) is 54.6 Å². The van der Waals surface area contributed by atoms with Gasteiger partial charge >= 0.3 is 0 Å². The highest BCUT2D eigenvalue weighted by molar-refractivity contribution is 5.78. The monoisotopic (exact) mass is 397 g/mol. The Morgan fingerprint density at radius 3 is 2.67 bits per heavy atom. The Balaban J connectivity index is 1.30. The fraction of sp³-hybridized carbons (Fsp3) is 0.192. The number of aliphatic hydroxyl groups is 1. The first kappa shape index (κ1) is 18.6. The van der Waals surface area contributed by atoms with E-state index in [-0.39, 0.29) is 5.92 Å². The van der Waals surface area contributed by atoms with Crippen molar-refractivity contribution in [2.24, 2.45) is 5.92 Å². The molecule has 1 N–H and O–H groups in total. The van der Waals surface area contributed by atoms with Gasteiger partial charge in [0.15, 0.2) is 0 Å². The summed E-state index contributed by atoms with van der Waals surface area (Å²) in [4.78, 5) is 4.65. The van der Waals surface area contributed by atoms with E-state index in [1.54, 1.807) is 0 Å². The zero-order valence-electron chi connectivity index (χ0n) is 16.6. The number of nitrogens with zero attached hydrogens (tertiary/aromatic N) is 1. The maximum atomic E-state index is 11.0. The van der Waals surface area contributed by atoms with Crippen LogP contribution in [-0.2, 0) is 13.0 Å². The standard InChI is InChI=1S/C26H23NO3/c28-26-20(14-18-6-2-1-3-7-18)16-30-25-13-12-22(15-23(25)26)29-17-21-11-10-19-8-4-5-9-24(19)27-21/h1-13,15,20,26,28H,14,16-17H2/t20-,26+/m1/s1. The van der Waals surface area contributed by atoms with Gasteiger partial charge in [0, 0.05) is 16.9 Å². The Labute approximate surface area is 175 Å². The second-order valence-electron chi connectivity index (χ2n) is 7.69. The smallest absolute Gasteiger partial charge is 0.130 e. The molecule has 0 saturated carbocycles. The van der Waals surface area contributed by atoms with Crippen LogP contribution in [0.4, 0.5) is 0 Å². The summed E-state index contributed by atoms with van der Waals surface area (Å²) in [5.41, 5.74) is 3.80. The number of aliphatic hydroxyl groups excluding tert-OH is 1. The van der Waals surface area contributed by atoms with E-state index >= 15 is 0 Å². The molecule has 0 radical (unpaired) electrons. The molecule has 0 saturated heterocycles. The molecule has 1 aliphatic rings.